The standard InChI is InChI=1S/C16H22N4/c1-13-12-18-16(19-15(13)20(2)3)17-11-7-10-14-8-5-4-6-9-14/h4-6,8-9,12H,7,10-11H2,1-3H3,(H,17,18,19). The van der Waals surface area contributed by atoms with E-state index < -0.39 is 0 Å². The van der Waals surface area contributed by atoms with Gasteiger partial charge in [0.2, 0.25) is 5.95 Å². The molecule has 0 atom stereocenters. The van der Waals surface area contributed by atoms with Gasteiger partial charge >= 0.3 is 0 Å². The van der Waals surface area contributed by atoms with Crippen molar-refractivity contribution >= 4 is 11.8 Å². The minimum atomic E-state index is 0.701. The lowest BCUT2D eigenvalue weighted by Gasteiger charge is -2.15. The summed E-state index contributed by atoms with van der Waals surface area (Å²) in [4.78, 5) is 10.8. The lowest BCUT2D eigenvalue weighted by Crippen LogP contribution is -2.15. The normalized spacial score (nSPS) is 10.3. The van der Waals surface area contributed by atoms with Gasteiger partial charge in [-0.1, -0.05) is 30.3 Å². The Kier molecular flexibility index (Phi) is 4.93. The Morgan fingerprint density at radius 3 is 2.60 bits per heavy atom. The van der Waals surface area contributed by atoms with Crippen LogP contribution in [0.15, 0.2) is 36.5 Å². The van der Waals surface area contributed by atoms with E-state index in [1.807, 2.05) is 38.2 Å². The van der Waals surface area contributed by atoms with Gasteiger partial charge in [-0.05, 0) is 25.3 Å². The molecular weight excluding hydrogens is 248 g/mol. The van der Waals surface area contributed by atoms with Crippen molar-refractivity contribution in [1.82, 2.24) is 9.97 Å². The van der Waals surface area contributed by atoms with E-state index in [-0.39, 0.29) is 0 Å². The van der Waals surface area contributed by atoms with Gasteiger partial charge in [-0.2, -0.15) is 4.98 Å². The fraction of sp³-hybridized carbons (Fsp3) is 0.375. The van der Waals surface area contributed by atoms with Crippen LogP contribution in [0.5, 0.6) is 0 Å². The quantitative estimate of drug-likeness (QED) is 0.819. The molecule has 0 fully saturated rings. The first-order valence-corrected chi connectivity index (χ1v) is 6.95. The molecule has 0 spiro atoms. The topological polar surface area (TPSA) is 41.1 Å². The van der Waals surface area contributed by atoms with Crippen molar-refractivity contribution in [2.75, 3.05) is 30.9 Å². The van der Waals surface area contributed by atoms with Crippen molar-refractivity contribution in [2.45, 2.75) is 19.8 Å². The fourth-order valence-corrected chi connectivity index (χ4v) is 2.11. The average molecular weight is 270 g/mol. The number of aromatic nitrogens is 2. The number of anilines is 2. The predicted octanol–water partition coefficient (Wildman–Crippen LogP) is 2.90. The maximum Gasteiger partial charge on any atom is 0.224 e. The van der Waals surface area contributed by atoms with E-state index in [1.54, 1.807) is 0 Å². The molecule has 4 nitrogen and oxygen atoms in total. The number of nitrogens with one attached hydrogen (secondary N) is 1. The molecule has 0 aliphatic rings. The Balaban J connectivity index is 1.84. The molecule has 106 valence electrons. The molecule has 0 unspecified atom stereocenters. The predicted molar refractivity (Wildman–Crippen MR) is 84.3 cm³/mol. The van der Waals surface area contributed by atoms with Gasteiger partial charge in [0.05, 0.1) is 0 Å². The van der Waals surface area contributed by atoms with Gasteiger partial charge < -0.3 is 10.2 Å². The second-order valence-electron chi connectivity index (χ2n) is 5.11. The molecule has 2 aromatic rings. The number of rotatable bonds is 6. The van der Waals surface area contributed by atoms with Gasteiger partial charge in [0, 0.05) is 32.4 Å². The molecule has 1 aromatic heterocycles. The van der Waals surface area contributed by atoms with Crippen LogP contribution in [0, 0.1) is 6.92 Å². The summed E-state index contributed by atoms with van der Waals surface area (Å²) in [5.41, 5.74) is 2.46. The second kappa shape index (κ2) is 6.89. The van der Waals surface area contributed by atoms with Crippen LogP contribution >= 0.6 is 0 Å². The summed E-state index contributed by atoms with van der Waals surface area (Å²) in [6.07, 6.45) is 4.00. The first-order valence-electron chi connectivity index (χ1n) is 6.95. The Morgan fingerprint density at radius 1 is 1.15 bits per heavy atom. The lowest BCUT2D eigenvalue weighted by atomic mass is 10.1. The van der Waals surface area contributed by atoms with Crippen LogP contribution in [0.2, 0.25) is 0 Å². The van der Waals surface area contributed by atoms with Crippen molar-refractivity contribution in [2.24, 2.45) is 0 Å². The van der Waals surface area contributed by atoms with Crippen LogP contribution in [0.25, 0.3) is 0 Å². The summed E-state index contributed by atoms with van der Waals surface area (Å²) in [7, 11) is 3.99. The molecule has 0 aliphatic heterocycles. The molecule has 1 heterocycles. The smallest absolute Gasteiger partial charge is 0.224 e. The summed E-state index contributed by atoms with van der Waals surface area (Å²) in [5.74, 6) is 1.66. The van der Waals surface area contributed by atoms with Crippen LogP contribution < -0.4 is 10.2 Å². The van der Waals surface area contributed by atoms with E-state index in [0.29, 0.717) is 5.95 Å². The molecule has 1 N–H and O–H groups in total. The molecule has 1 aromatic carbocycles. The van der Waals surface area contributed by atoms with Gasteiger partial charge in [0.25, 0.3) is 0 Å². The molecule has 0 radical (unpaired) electrons. The van der Waals surface area contributed by atoms with Crippen molar-refractivity contribution in [3.8, 4) is 0 Å². The zero-order chi connectivity index (χ0) is 14.4. The Hall–Kier alpha value is -2.10. The third kappa shape index (κ3) is 3.95. The Labute approximate surface area is 120 Å². The Bertz CT molecular complexity index is 537. The van der Waals surface area contributed by atoms with Gasteiger partial charge in [-0.15, -0.1) is 0 Å². The third-order valence-corrected chi connectivity index (χ3v) is 3.14. The number of hydrogen-bond donors (Lipinski definition) is 1. The Morgan fingerprint density at radius 2 is 1.90 bits per heavy atom. The highest BCUT2D eigenvalue weighted by Crippen LogP contribution is 2.15. The number of aryl methyl sites for hydroxylation is 2. The van der Waals surface area contributed by atoms with Crippen LogP contribution in [-0.4, -0.2) is 30.6 Å². The molecular formula is C16H22N4. The zero-order valence-electron chi connectivity index (χ0n) is 12.4. The number of hydrogen-bond acceptors (Lipinski definition) is 4. The van der Waals surface area contributed by atoms with Crippen molar-refractivity contribution < 1.29 is 0 Å². The molecule has 0 saturated carbocycles. The van der Waals surface area contributed by atoms with Crippen molar-refractivity contribution in [3.63, 3.8) is 0 Å². The zero-order valence-corrected chi connectivity index (χ0v) is 12.4. The maximum absolute atomic E-state index is 4.52. The minimum absolute atomic E-state index is 0.701. The highest BCUT2D eigenvalue weighted by Gasteiger charge is 2.05. The lowest BCUT2D eigenvalue weighted by molar-refractivity contribution is 0.851. The second-order valence-corrected chi connectivity index (χ2v) is 5.11. The number of benzene rings is 1. The molecule has 0 amide bonds. The van der Waals surface area contributed by atoms with Gasteiger partial charge in [0.1, 0.15) is 5.82 Å². The largest absolute Gasteiger partial charge is 0.362 e. The highest BCUT2D eigenvalue weighted by atomic mass is 15.2. The van der Waals surface area contributed by atoms with Crippen LogP contribution in [-0.2, 0) is 6.42 Å². The summed E-state index contributed by atoms with van der Waals surface area (Å²) >= 11 is 0. The van der Waals surface area contributed by atoms with Crippen molar-refractivity contribution in [1.29, 1.82) is 0 Å². The van der Waals surface area contributed by atoms with Crippen LogP contribution in [0.3, 0.4) is 0 Å². The first kappa shape index (κ1) is 14.3. The fourth-order valence-electron chi connectivity index (χ4n) is 2.11. The van der Waals surface area contributed by atoms with Crippen molar-refractivity contribution in [3.05, 3.63) is 47.7 Å². The molecule has 4 heteroatoms. The summed E-state index contributed by atoms with van der Waals surface area (Å²) in [5, 5.41) is 3.29. The minimum Gasteiger partial charge on any atom is -0.362 e. The maximum atomic E-state index is 4.52. The number of nitrogens with zero attached hydrogens (tertiary/aromatic N) is 3. The van der Waals surface area contributed by atoms with E-state index >= 15 is 0 Å². The molecule has 2 rings (SSSR count). The van der Waals surface area contributed by atoms with E-state index in [2.05, 4.69) is 39.6 Å². The van der Waals surface area contributed by atoms with Crippen LogP contribution in [0.4, 0.5) is 11.8 Å². The van der Waals surface area contributed by atoms with E-state index in [0.717, 1.165) is 30.8 Å². The molecule has 0 saturated heterocycles. The SMILES string of the molecule is Cc1cnc(NCCCc2ccccc2)nc1N(C)C. The van der Waals surface area contributed by atoms with E-state index in [1.165, 1.54) is 5.56 Å². The molecule has 20 heavy (non-hydrogen) atoms. The van der Waals surface area contributed by atoms with E-state index in [9.17, 15) is 0 Å². The molecule has 0 aliphatic carbocycles. The summed E-state index contributed by atoms with van der Waals surface area (Å²) in [6.45, 7) is 2.90. The van der Waals surface area contributed by atoms with Gasteiger partial charge in [-0.3, -0.25) is 0 Å². The summed E-state index contributed by atoms with van der Waals surface area (Å²) < 4.78 is 0. The third-order valence-electron chi connectivity index (χ3n) is 3.14. The monoisotopic (exact) mass is 270 g/mol. The van der Waals surface area contributed by atoms with Gasteiger partial charge in [-0.25, -0.2) is 4.98 Å². The van der Waals surface area contributed by atoms with Crippen LogP contribution in [0.1, 0.15) is 17.5 Å². The first-order chi connectivity index (χ1) is 9.66. The molecule has 0 bridgehead atoms. The summed E-state index contributed by atoms with van der Waals surface area (Å²) in [6, 6.07) is 10.5. The average Bonchev–Trinajstić information content (AvgIpc) is 2.46. The van der Waals surface area contributed by atoms with Gasteiger partial charge in [0.15, 0.2) is 0 Å². The van der Waals surface area contributed by atoms with E-state index in [4.69, 9.17) is 0 Å². The highest BCUT2D eigenvalue weighted by molar-refractivity contribution is 5.47.